The van der Waals surface area contributed by atoms with Crippen molar-refractivity contribution < 1.29 is 9.32 Å². The number of hydrogen-bond acceptors (Lipinski definition) is 4. The molecule has 0 aliphatic carbocycles. The minimum absolute atomic E-state index is 0.00243. The van der Waals surface area contributed by atoms with E-state index in [1.165, 1.54) is 0 Å². The Morgan fingerprint density at radius 3 is 2.91 bits per heavy atom. The molecule has 1 atom stereocenters. The first kappa shape index (κ1) is 15.8. The molecule has 1 aliphatic rings. The third-order valence-corrected chi connectivity index (χ3v) is 4.38. The minimum atomic E-state index is 0.00243. The molecule has 1 saturated heterocycles. The molecule has 2 aromatic heterocycles. The molecule has 1 aliphatic heterocycles. The van der Waals surface area contributed by atoms with E-state index in [1.807, 2.05) is 35.7 Å². The van der Waals surface area contributed by atoms with E-state index >= 15 is 0 Å². The fourth-order valence-electron chi connectivity index (χ4n) is 3.25. The van der Waals surface area contributed by atoms with Crippen molar-refractivity contribution in [2.24, 2.45) is 0 Å². The molecular formula is C17H24N4O2. The molecule has 3 rings (SSSR count). The Kier molecular flexibility index (Phi) is 4.50. The van der Waals surface area contributed by atoms with Crippen LogP contribution >= 0.6 is 0 Å². The van der Waals surface area contributed by atoms with Crippen LogP contribution in [0.5, 0.6) is 0 Å². The van der Waals surface area contributed by atoms with Crippen molar-refractivity contribution in [3.63, 3.8) is 0 Å². The Hall–Kier alpha value is -2.11. The standard InChI is InChI=1S/C17H24N4O2/c1-4-8-20-11-14(13(3)18-20)17(22)21-9-6-5-7-16(21)15-10-12(2)23-19-15/h10-11,16H,4-9H2,1-3H3/t16-/m1/s1. The fourth-order valence-corrected chi connectivity index (χ4v) is 3.25. The van der Waals surface area contributed by atoms with E-state index in [0.717, 1.165) is 55.9 Å². The molecule has 23 heavy (non-hydrogen) atoms. The lowest BCUT2D eigenvalue weighted by Crippen LogP contribution is -2.38. The molecule has 0 bridgehead atoms. The summed E-state index contributed by atoms with van der Waals surface area (Å²) in [5.41, 5.74) is 2.35. The first-order valence-electron chi connectivity index (χ1n) is 8.38. The molecule has 1 fully saturated rings. The van der Waals surface area contributed by atoms with E-state index < -0.39 is 0 Å². The van der Waals surface area contributed by atoms with Gasteiger partial charge >= 0.3 is 0 Å². The van der Waals surface area contributed by atoms with E-state index in [2.05, 4.69) is 17.2 Å². The molecule has 6 heteroatoms. The number of hydrogen-bond donors (Lipinski definition) is 0. The number of likely N-dealkylation sites (tertiary alicyclic amines) is 1. The molecule has 6 nitrogen and oxygen atoms in total. The SMILES string of the molecule is CCCn1cc(C(=O)N2CCCC[C@@H]2c2cc(C)on2)c(C)n1. The Labute approximate surface area is 136 Å². The van der Waals surface area contributed by atoms with Gasteiger partial charge in [0.25, 0.3) is 5.91 Å². The van der Waals surface area contributed by atoms with Crippen LogP contribution in [0.1, 0.15) is 66.2 Å². The quantitative estimate of drug-likeness (QED) is 0.868. The third-order valence-electron chi connectivity index (χ3n) is 4.38. The number of rotatable bonds is 4. The smallest absolute Gasteiger partial charge is 0.257 e. The molecule has 2 aromatic rings. The van der Waals surface area contributed by atoms with Gasteiger partial charge in [0.1, 0.15) is 11.5 Å². The zero-order chi connectivity index (χ0) is 16.4. The van der Waals surface area contributed by atoms with Crippen molar-refractivity contribution in [2.75, 3.05) is 6.54 Å². The molecule has 0 radical (unpaired) electrons. The molecular weight excluding hydrogens is 292 g/mol. The summed E-state index contributed by atoms with van der Waals surface area (Å²) in [6, 6.07) is 1.94. The van der Waals surface area contributed by atoms with Crippen LogP contribution in [0, 0.1) is 13.8 Å². The van der Waals surface area contributed by atoms with E-state index in [9.17, 15) is 4.79 Å². The van der Waals surface area contributed by atoms with Gasteiger partial charge in [-0.2, -0.15) is 5.10 Å². The number of carbonyl (C=O) groups excluding carboxylic acids is 1. The monoisotopic (exact) mass is 316 g/mol. The van der Waals surface area contributed by atoms with Crippen LogP contribution in [-0.4, -0.2) is 32.3 Å². The largest absolute Gasteiger partial charge is 0.361 e. The predicted molar refractivity (Wildman–Crippen MR) is 86.1 cm³/mol. The van der Waals surface area contributed by atoms with E-state index in [0.29, 0.717) is 5.56 Å². The first-order valence-corrected chi connectivity index (χ1v) is 8.38. The van der Waals surface area contributed by atoms with Crippen molar-refractivity contribution in [3.05, 3.63) is 35.0 Å². The van der Waals surface area contributed by atoms with Crippen LogP contribution in [0.4, 0.5) is 0 Å². The topological polar surface area (TPSA) is 64.2 Å². The molecule has 0 aromatic carbocycles. The maximum Gasteiger partial charge on any atom is 0.257 e. The molecule has 0 saturated carbocycles. The Morgan fingerprint density at radius 1 is 1.39 bits per heavy atom. The number of aryl methyl sites for hydroxylation is 3. The second kappa shape index (κ2) is 6.56. The predicted octanol–water partition coefficient (Wildman–Crippen LogP) is 3.27. The number of piperidine rings is 1. The van der Waals surface area contributed by atoms with Gasteiger partial charge in [0.2, 0.25) is 0 Å². The maximum atomic E-state index is 13.0. The number of nitrogens with zero attached hydrogens (tertiary/aromatic N) is 4. The summed E-state index contributed by atoms with van der Waals surface area (Å²) in [5.74, 6) is 0.833. The lowest BCUT2D eigenvalue weighted by atomic mass is 9.98. The molecule has 124 valence electrons. The summed E-state index contributed by atoms with van der Waals surface area (Å²) in [4.78, 5) is 15.0. The van der Waals surface area contributed by atoms with Gasteiger partial charge in [-0.15, -0.1) is 0 Å². The van der Waals surface area contributed by atoms with Crippen molar-refractivity contribution in [1.82, 2.24) is 19.8 Å². The molecule has 0 N–H and O–H groups in total. The average molecular weight is 316 g/mol. The molecule has 1 amide bonds. The van der Waals surface area contributed by atoms with Gasteiger partial charge in [0, 0.05) is 25.4 Å². The maximum absolute atomic E-state index is 13.0. The normalized spacial score (nSPS) is 18.4. The highest BCUT2D eigenvalue weighted by atomic mass is 16.5. The summed E-state index contributed by atoms with van der Waals surface area (Å²) < 4.78 is 7.07. The average Bonchev–Trinajstić information content (AvgIpc) is 3.13. The fraction of sp³-hybridized carbons (Fsp3) is 0.588. The second-order valence-electron chi connectivity index (χ2n) is 6.26. The lowest BCUT2D eigenvalue weighted by Gasteiger charge is -2.34. The summed E-state index contributed by atoms with van der Waals surface area (Å²) in [5, 5.41) is 8.59. The Morgan fingerprint density at radius 2 is 2.22 bits per heavy atom. The first-order chi connectivity index (χ1) is 11.1. The van der Waals surface area contributed by atoms with E-state index in [1.54, 1.807) is 0 Å². The highest BCUT2D eigenvalue weighted by molar-refractivity contribution is 5.95. The van der Waals surface area contributed by atoms with Gasteiger partial charge in [-0.05, 0) is 39.5 Å². The summed E-state index contributed by atoms with van der Waals surface area (Å²) >= 11 is 0. The van der Waals surface area contributed by atoms with Gasteiger partial charge in [-0.25, -0.2) is 0 Å². The molecule has 0 spiro atoms. The van der Waals surface area contributed by atoms with E-state index in [4.69, 9.17) is 4.52 Å². The Balaban J connectivity index is 1.86. The van der Waals surface area contributed by atoms with Crippen LogP contribution in [0.15, 0.2) is 16.8 Å². The van der Waals surface area contributed by atoms with Gasteiger partial charge < -0.3 is 9.42 Å². The van der Waals surface area contributed by atoms with Crippen molar-refractivity contribution in [3.8, 4) is 0 Å². The van der Waals surface area contributed by atoms with Gasteiger partial charge in [-0.1, -0.05) is 12.1 Å². The second-order valence-corrected chi connectivity index (χ2v) is 6.26. The zero-order valence-electron chi connectivity index (χ0n) is 14.1. The third kappa shape index (κ3) is 3.16. The van der Waals surface area contributed by atoms with Gasteiger partial charge in [0.05, 0.1) is 17.3 Å². The van der Waals surface area contributed by atoms with Crippen LogP contribution in [0.3, 0.4) is 0 Å². The van der Waals surface area contributed by atoms with Crippen molar-refractivity contribution in [1.29, 1.82) is 0 Å². The zero-order valence-corrected chi connectivity index (χ0v) is 14.1. The summed E-state index contributed by atoms with van der Waals surface area (Å²) in [7, 11) is 0. The summed E-state index contributed by atoms with van der Waals surface area (Å²) in [6.45, 7) is 7.48. The minimum Gasteiger partial charge on any atom is -0.361 e. The van der Waals surface area contributed by atoms with Crippen LogP contribution in [0.2, 0.25) is 0 Å². The number of aromatic nitrogens is 3. The van der Waals surface area contributed by atoms with Crippen molar-refractivity contribution >= 4 is 5.91 Å². The highest BCUT2D eigenvalue weighted by Crippen LogP contribution is 2.32. The van der Waals surface area contributed by atoms with Crippen LogP contribution in [0.25, 0.3) is 0 Å². The van der Waals surface area contributed by atoms with Crippen molar-refractivity contribution in [2.45, 2.75) is 59.0 Å². The number of amides is 1. The number of carbonyl (C=O) groups is 1. The highest BCUT2D eigenvalue weighted by Gasteiger charge is 2.32. The summed E-state index contributed by atoms with van der Waals surface area (Å²) in [6.07, 6.45) is 5.94. The van der Waals surface area contributed by atoms with Gasteiger partial charge in [0.15, 0.2) is 0 Å². The molecule has 0 unspecified atom stereocenters. The lowest BCUT2D eigenvalue weighted by molar-refractivity contribution is 0.0601. The van der Waals surface area contributed by atoms with Gasteiger partial charge in [-0.3, -0.25) is 9.48 Å². The Bertz CT molecular complexity index is 689. The van der Waals surface area contributed by atoms with Crippen LogP contribution < -0.4 is 0 Å². The van der Waals surface area contributed by atoms with Crippen LogP contribution in [-0.2, 0) is 6.54 Å². The van der Waals surface area contributed by atoms with E-state index in [-0.39, 0.29) is 11.9 Å². The molecule has 3 heterocycles.